The van der Waals surface area contributed by atoms with Crippen molar-refractivity contribution in [3.05, 3.63) is 65.2 Å². The van der Waals surface area contributed by atoms with E-state index in [4.69, 9.17) is 10.00 Å². The summed E-state index contributed by atoms with van der Waals surface area (Å²) in [5.41, 5.74) is 1.08. The number of amides is 2. The normalized spacial score (nSPS) is 12.8. The van der Waals surface area contributed by atoms with Crippen LogP contribution in [0.5, 0.6) is 5.75 Å². The predicted molar refractivity (Wildman–Crippen MR) is 116 cm³/mol. The Morgan fingerprint density at radius 1 is 1.18 bits per heavy atom. The summed E-state index contributed by atoms with van der Waals surface area (Å²) in [6.45, 7) is -0.0243. The number of alkyl halides is 2. The van der Waals surface area contributed by atoms with Gasteiger partial charge in [-0.15, -0.1) is 0 Å². The summed E-state index contributed by atoms with van der Waals surface area (Å²) in [6.07, 6.45) is -2.26. The van der Waals surface area contributed by atoms with Gasteiger partial charge in [0.05, 0.1) is 17.6 Å². The number of hydrogen-bond acceptors (Lipinski definition) is 6. The Labute approximate surface area is 190 Å². The fourth-order valence-electron chi connectivity index (χ4n) is 2.92. The van der Waals surface area contributed by atoms with Crippen LogP contribution in [0.2, 0.25) is 0 Å². The van der Waals surface area contributed by atoms with Crippen molar-refractivity contribution in [2.75, 3.05) is 19.0 Å². The SMILES string of the molecule is Cc1cccc(C(=O)N[C@@H](CS(=O)(=O)Cc2ccccc2OC(F)CF)C(=O)NCC#N)c1. The Morgan fingerprint density at radius 2 is 1.91 bits per heavy atom. The van der Waals surface area contributed by atoms with E-state index in [2.05, 4.69) is 10.6 Å². The van der Waals surface area contributed by atoms with E-state index >= 15 is 0 Å². The lowest BCUT2D eigenvalue weighted by Gasteiger charge is -2.19. The van der Waals surface area contributed by atoms with E-state index in [0.29, 0.717) is 0 Å². The number of nitrogens with zero attached hydrogens (tertiary/aromatic N) is 1. The molecule has 0 bridgehead atoms. The smallest absolute Gasteiger partial charge is 0.266 e. The van der Waals surface area contributed by atoms with Crippen molar-refractivity contribution in [2.24, 2.45) is 0 Å². The first-order valence-corrected chi connectivity index (χ1v) is 11.6. The molecule has 11 heteroatoms. The van der Waals surface area contributed by atoms with Crippen LogP contribution < -0.4 is 15.4 Å². The highest BCUT2D eigenvalue weighted by molar-refractivity contribution is 7.90. The van der Waals surface area contributed by atoms with Gasteiger partial charge in [-0.2, -0.15) is 9.65 Å². The molecular weight excluding hydrogens is 456 g/mol. The number of aryl methyl sites for hydroxylation is 1. The summed E-state index contributed by atoms with van der Waals surface area (Å²) in [6, 6.07) is 12.3. The van der Waals surface area contributed by atoms with E-state index in [9.17, 15) is 26.8 Å². The number of benzene rings is 2. The molecule has 0 saturated carbocycles. The first kappa shape index (κ1) is 25.7. The number of carbonyl (C=O) groups excluding carboxylic acids is 2. The number of halogens is 2. The molecule has 0 aromatic heterocycles. The van der Waals surface area contributed by atoms with E-state index in [0.717, 1.165) is 5.56 Å². The zero-order chi connectivity index (χ0) is 24.4. The Bertz CT molecular complexity index is 1130. The average molecular weight is 480 g/mol. The van der Waals surface area contributed by atoms with Crippen LogP contribution in [-0.4, -0.2) is 51.6 Å². The zero-order valence-corrected chi connectivity index (χ0v) is 18.6. The van der Waals surface area contributed by atoms with Crippen LogP contribution in [0.25, 0.3) is 0 Å². The highest BCUT2D eigenvalue weighted by Gasteiger charge is 2.28. The molecule has 0 fully saturated rings. The molecule has 2 amide bonds. The quantitative estimate of drug-likeness (QED) is 0.475. The van der Waals surface area contributed by atoms with E-state index < -0.39 is 52.2 Å². The minimum atomic E-state index is -4.06. The van der Waals surface area contributed by atoms with Crippen LogP contribution in [0.4, 0.5) is 8.78 Å². The second kappa shape index (κ2) is 11.9. The van der Waals surface area contributed by atoms with Crippen molar-refractivity contribution in [1.29, 1.82) is 5.26 Å². The number of hydrogen-bond donors (Lipinski definition) is 2. The van der Waals surface area contributed by atoms with Gasteiger partial charge in [-0.25, -0.2) is 12.8 Å². The zero-order valence-electron chi connectivity index (χ0n) is 17.8. The number of rotatable bonds is 11. The molecule has 33 heavy (non-hydrogen) atoms. The van der Waals surface area contributed by atoms with Crippen molar-refractivity contribution in [3.8, 4) is 11.8 Å². The van der Waals surface area contributed by atoms with Crippen LogP contribution in [0.3, 0.4) is 0 Å². The monoisotopic (exact) mass is 479 g/mol. The largest absolute Gasteiger partial charge is 0.457 e. The third-order valence-corrected chi connectivity index (χ3v) is 5.98. The second-order valence-electron chi connectivity index (χ2n) is 7.12. The molecule has 0 aliphatic heterocycles. The fourth-order valence-corrected chi connectivity index (χ4v) is 4.49. The van der Waals surface area contributed by atoms with Gasteiger partial charge < -0.3 is 15.4 Å². The van der Waals surface area contributed by atoms with Gasteiger partial charge in [-0.3, -0.25) is 9.59 Å². The Morgan fingerprint density at radius 3 is 2.58 bits per heavy atom. The summed E-state index contributed by atoms with van der Waals surface area (Å²) in [5, 5.41) is 13.3. The Kier molecular flexibility index (Phi) is 9.30. The molecule has 2 rings (SSSR count). The molecule has 2 aromatic carbocycles. The molecule has 0 heterocycles. The highest BCUT2D eigenvalue weighted by atomic mass is 32.2. The van der Waals surface area contributed by atoms with Crippen molar-refractivity contribution in [3.63, 3.8) is 0 Å². The summed E-state index contributed by atoms with van der Waals surface area (Å²) in [4.78, 5) is 25.1. The van der Waals surface area contributed by atoms with Gasteiger partial charge in [0.25, 0.3) is 12.3 Å². The van der Waals surface area contributed by atoms with Crippen LogP contribution in [-0.2, 0) is 20.4 Å². The maximum Gasteiger partial charge on any atom is 0.266 e. The first-order chi connectivity index (χ1) is 15.6. The van der Waals surface area contributed by atoms with Gasteiger partial charge in [0.15, 0.2) is 16.5 Å². The third kappa shape index (κ3) is 8.16. The van der Waals surface area contributed by atoms with E-state index in [1.54, 1.807) is 31.2 Å². The number of nitriles is 1. The molecule has 176 valence electrons. The van der Waals surface area contributed by atoms with Gasteiger partial charge in [0, 0.05) is 11.1 Å². The van der Waals surface area contributed by atoms with Gasteiger partial charge in [-0.1, -0.05) is 35.9 Å². The van der Waals surface area contributed by atoms with E-state index in [-0.39, 0.29) is 23.4 Å². The van der Waals surface area contributed by atoms with Crippen molar-refractivity contribution >= 4 is 21.7 Å². The van der Waals surface area contributed by atoms with Crippen LogP contribution >= 0.6 is 0 Å². The molecule has 2 aromatic rings. The topological polar surface area (TPSA) is 125 Å². The molecule has 0 aliphatic rings. The lowest BCUT2D eigenvalue weighted by molar-refractivity contribution is -0.122. The lowest BCUT2D eigenvalue weighted by Crippen LogP contribution is -2.50. The van der Waals surface area contributed by atoms with Crippen LogP contribution in [0.15, 0.2) is 48.5 Å². The first-order valence-electron chi connectivity index (χ1n) is 9.82. The molecule has 0 aliphatic carbocycles. The minimum absolute atomic E-state index is 0.0646. The van der Waals surface area contributed by atoms with Gasteiger partial charge in [0.2, 0.25) is 5.91 Å². The maximum atomic E-state index is 13.3. The fraction of sp³-hybridized carbons (Fsp3) is 0.318. The molecule has 2 atom stereocenters. The number of ether oxygens (including phenoxy) is 1. The Balaban J connectivity index is 2.23. The summed E-state index contributed by atoms with van der Waals surface area (Å²) < 4.78 is 56.3. The minimum Gasteiger partial charge on any atom is -0.457 e. The lowest BCUT2D eigenvalue weighted by atomic mass is 10.1. The molecule has 0 spiro atoms. The Hall–Kier alpha value is -3.52. The summed E-state index contributed by atoms with van der Waals surface area (Å²) in [5.74, 6) is -3.12. The number of nitrogens with one attached hydrogen (secondary N) is 2. The maximum absolute atomic E-state index is 13.3. The molecule has 8 nitrogen and oxygen atoms in total. The number of para-hydroxylation sites is 1. The van der Waals surface area contributed by atoms with Crippen molar-refractivity contribution in [2.45, 2.75) is 25.1 Å². The second-order valence-corrected chi connectivity index (χ2v) is 9.23. The summed E-state index contributed by atoms with van der Waals surface area (Å²) >= 11 is 0. The summed E-state index contributed by atoms with van der Waals surface area (Å²) in [7, 11) is -4.06. The standard InChI is InChI=1S/C22H23F2N3O5S/c1-15-5-4-7-16(11-15)21(28)27-18(22(29)26-10-9-25)14-33(30,31)13-17-6-2-3-8-19(17)32-20(24)12-23/h2-8,11,18,20H,10,12-14H2,1H3,(H,26,29)(H,27,28)/t18-,20?/m0/s1. The molecule has 1 unspecified atom stereocenters. The molecular formula is C22H23F2N3O5S. The van der Waals surface area contributed by atoms with Gasteiger partial charge in [0.1, 0.15) is 18.3 Å². The number of carbonyl (C=O) groups is 2. The van der Waals surface area contributed by atoms with Gasteiger partial charge >= 0.3 is 0 Å². The van der Waals surface area contributed by atoms with Crippen molar-refractivity contribution < 1.29 is 31.5 Å². The van der Waals surface area contributed by atoms with E-state index in [1.807, 2.05) is 0 Å². The number of sulfone groups is 1. The van der Waals surface area contributed by atoms with Gasteiger partial charge in [-0.05, 0) is 25.1 Å². The molecule has 0 radical (unpaired) electrons. The highest BCUT2D eigenvalue weighted by Crippen LogP contribution is 2.23. The van der Waals surface area contributed by atoms with Crippen LogP contribution in [0.1, 0.15) is 21.5 Å². The van der Waals surface area contributed by atoms with Crippen molar-refractivity contribution in [1.82, 2.24) is 10.6 Å². The van der Waals surface area contributed by atoms with E-state index in [1.165, 1.54) is 30.3 Å². The predicted octanol–water partition coefficient (Wildman–Crippen LogP) is 1.99. The third-order valence-electron chi connectivity index (χ3n) is 4.39. The molecule has 2 N–H and O–H groups in total. The average Bonchev–Trinajstić information content (AvgIpc) is 2.77. The molecule has 0 saturated heterocycles. The van der Waals surface area contributed by atoms with Crippen LogP contribution in [0, 0.1) is 18.3 Å².